The van der Waals surface area contributed by atoms with E-state index in [1.165, 1.54) is 38.5 Å². The number of hydrogen-bond acceptors (Lipinski definition) is 3. The van der Waals surface area contributed by atoms with Crippen LogP contribution in [-0.4, -0.2) is 17.3 Å². The van der Waals surface area contributed by atoms with Gasteiger partial charge < -0.3 is 9.47 Å². The monoisotopic (exact) mass is 316 g/mol. The summed E-state index contributed by atoms with van der Waals surface area (Å²) in [5.41, 5.74) is 0. The molecule has 0 aromatic heterocycles. The molecule has 0 aromatic carbocycles. The van der Waals surface area contributed by atoms with Crippen LogP contribution in [0.5, 0.6) is 0 Å². The molecule has 0 aliphatic rings. The molecule has 21 heavy (non-hydrogen) atoms. The molecule has 0 unspecified atom stereocenters. The minimum absolute atomic E-state index is 0.153. The van der Waals surface area contributed by atoms with Gasteiger partial charge in [-0.3, -0.25) is 0 Å². The predicted octanol–water partition coefficient (Wildman–Crippen LogP) is 6.51. The van der Waals surface area contributed by atoms with Crippen LogP contribution in [0.3, 0.4) is 0 Å². The van der Waals surface area contributed by atoms with E-state index in [-0.39, 0.29) is 12.2 Å². The van der Waals surface area contributed by atoms with Crippen molar-refractivity contribution in [3.05, 3.63) is 12.0 Å². The number of ether oxygens (including phenoxy) is 2. The fourth-order valence-corrected chi connectivity index (χ4v) is 3.42. The molecule has 0 amide bonds. The standard InChI is InChI=1S/C18H36O2S/c1-7-9-10-11-12-13-14-15-18(21-8-2,19-16(3)4)20-17(5)6/h8,16-17H,2,7,9-15H2,1,3-6H3. The number of rotatable bonds is 14. The molecule has 0 aromatic rings. The normalized spacial score (nSPS) is 12.3. The van der Waals surface area contributed by atoms with Crippen LogP contribution in [0, 0.1) is 0 Å². The average Bonchev–Trinajstić information content (AvgIpc) is 2.36. The third kappa shape index (κ3) is 11.3. The van der Waals surface area contributed by atoms with Crippen LogP contribution < -0.4 is 0 Å². The van der Waals surface area contributed by atoms with Crippen LogP contribution in [0.25, 0.3) is 0 Å². The second kappa shape index (κ2) is 12.5. The highest BCUT2D eigenvalue weighted by atomic mass is 32.2. The van der Waals surface area contributed by atoms with Gasteiger partial charge in [-0.2, -0.15) is 0 Å². The third-order valence-electron chi connectivity index (χ3n) is 3.18. The van der Waals surface area contributed by atoms with Gasteiger partial charge in [-0.15, -0.1) is 0 Å². The van der Waals surface area contributed by atoms with Gasteiger partial charge in [0.1, 0.15) is 0 Å². The molecular formula is C18H36O2S. The van der Waals surface area contributed by atoms with Crippen molar-refractivity contribution in [3.63, 3.8) is 0 Å². The lowest BCUT2D eigenvalue weighted by Gasteiger charge is -2.35. The maximum atomic E-state index is 6.10. The Hall–Kier alpha value is 0.01000. The minimum atomic E-state index is -0.562. The largest absolute Gasteiger partial charge is 0.338 e. The van der Waals surface area contributed by atoms with E-state index >= 15 is 0 Å². The molecule has 0 aliphatic heterocycles. The van der Waals surface area contributed by atoms with Gasteiger partial charge in [0, 0.05) is 6.42 Å². The first-order valence-electron chi connectivity index (χ1n) is 8.60. The highest BCUT2D eigenvalue weighted by molar-refractivity contribution is 8.03. The van der Waals surface area contributed by atoms with E-state index in [1.807, 2.05) is 5.41 Å². The summed E-state index contributed by atoms with van der Waals surface area (Å²) in [5, 5.41) is 1.28. The molecule has 0 saturated carbocycles. The lowest BCUT2D eigenvalue weighted by molar-refractivity contribution is -0.210. The van der Waals surface area contributed by atoms with Crippen molar-refractivity contribution in [1.82, 2.24) is 0 Å². The fraction of sp³-hybridized carbons (Fsp3) is 0.889. The first kappa shape index (κ1) is 21.0. The molecule has 0 heterocycles. The van der Waals surface area contributed by atoms with Gasteiger partial charge in [-0.05, 0) is 39.5 Å². The molecule has 0 rings (SSSR count). The number of unbranched alkanes of at least 4 members (excludes halogenated alkanes) is 6. The molecular weight excluding hydrogens is 280 g/mol. The van der Waals surface area contributed by atoms with Gasteiger partial charge in [0.2, 0.25) is 5.12 Å². The summed E-state index contributed by atoms with van der Waals surface area (Å²) < 4.78 is 12.2. The van der Waals surface area contributed by atoms with Crippen molar-refractivity contribution in [2.45, 2.75) is 103 Å². The Balaban J connectivity index is 4.27. The highest BCUT2D eigenvalue weighted by Gasteiger charge is 2.33. The van der Waals surface area contributed by atoms with Crippen molar-refractivity contribution >= 4 is 11.8 Å². The molecule has 0 fully saturated rings. The Labute approximate surface area is 137 Å². The lowest BCUT2D eigenvalue weighted by Crippen LogP contribution is -2.36. The number of hydrogen-bond donors (Lipinski definition) is 0. The summed E-state index contributed by atoms with van der Waals surface area (Å²) in [7, 11) is 0. The third-order valence-corrected chi connectivity index (χ3v) is 4.10. The Morgan fingerprint density at radius 1 is 0.905 bits per heavy atom. The molecule has 0 bridgehead atoms. The highest BCUT2D eigenvalue weighted by Crippen LogP contribution is 2.37. The van der Waals surface area contributed by atoms with Crippen molar-refractivity contribution in [1.29, 1.82) is 0 Å². The quantitative estimate of drug-likeness (QED) is 0.269. The molecule has 0 N–H and O–H groups in total. The molecule has 2 nitrogen and oxygen atoms in total. The van der Waals surface area contributed by atoms with E-state index in [2.05, 4.69) is 41.2 Å². The van der Waals surface area contributed by atoms with E-state index in [0.717, 1.165) is 12.8 Å². The summed E-state index contributed by atoms with van der Waals surface area (Å²) in [6, 6.07) is 0. The predicted molar refractivity (Wildman–Crippen MR) is 95.6 cm³/mol. The zero-order chi connectivity index (χ0) is 16.1. The Morgan fingerprint density at radius 2 is 1.38 bits per heavy atom. The summed E-state index contributed by atoms with van der Waals surface area (Å²) >= 11 is 1.57. The molecule has 0 radical (unpaired) electrons. The Morgan fingerprint density at radius 3 is 1.81 bits per heavy atom. The maximum absolute atomic E-state index is 6.10. The van der Waals surface area contributed by atoms with Crippen LogP contribution in [0.1, 0.15) is 86.0 Å². The van der Waals surface area contributed by atoms with E-state index in [1.54, 1.807) is 11.8 Å². The second-order valence-electron chi connectivity index (χ2n) is 6.17. The van der Waals surface area contributed by atoms with E-state index in [0.29, 0.717) is 0 Å². The van der Waals surface area contributed by atoms with Crippen LogP contribution in [-0.2, 0) is 9.47 Å². The molecule has 0 spiro atoms. The SMILES string of the molecule is C=CSC(CCCCCCCCC)(OC(C)C)OC(C)C. The van der Waals surface area contributed by atoms with Crippen molar-refractivity contribution in [2.75, 3.05) is 0 Å². The van der Waals surface area contributed by atoms with Crippen LogP contribution >= 0.6 is 11.8 Å². The summed E-state index contributed by atoms with van der Waals surface area (Å²) in [4.78, 5) is 0. The van der Waals surface area contributed by atoms with E-state index in [9.17, 15) is 0 Å². The zero-order valence-corrected chi connectivity index (χ0v) is 15.6. The first-order chi connectivity index (χ1) is 9.95. The fourth-order valence-electron chi connectivity index (χ4n) is 2.40. The molecule has 126 valence electrons. The smallest absolute Gasteiger partial charge is 0.222 e. The zero-order valence-electron chi connectivity index (χ0n) is 14.8. The summed E-state index contributed by atoms with van der Waals surface area (Å²) in [6.45, 7) is 14.3. The molecule has 0 saturated heterocycles. The van der Waals surface area contributed by atoms with Gasteiger partial charge in [0.25, 0.3) is 0 Å². The minimum Gasteiger partial charge on any atom is -0.338 e. The van der Waals surface area contributed by atoms with Crippen molar-refractivity contribution < 1.29 is 9.47 Å². The Kier molecular flexibility index (Phi) is 12.5. The molecule has 0 aliphatic carbocycles. The first-order valence-corrected chi connectivity index (χ1v) is 9.48. The topological polar surface area (TPSA) is 18.5 Å². The van der Waals surface area contributed by atoms with Crippen molar-refractivity contribution in [3.8, 4) is 0 Å². The van der Waals surface area contributed by atoms with E-state index in [4.69, 9.17) is 9.47 Å². The van der Waals surface area contributed by atoms with Crippen LogP contribution in [0.4, 0.5) is 0 Å². The van der Waals surface area contributed by atoms with E-state index < -0.39 is 5.12 Å². The second-order valence-corrected chi connectivity index (χ2v) is 7.36. The van der Waals surface area contributed by atoms with Gasteiger partial charge >= 0.3 is 0 Å². The van der Waals surface area contributed by atoms with Gasteiger partial charge in [0.05, 0.1) is 12.2 Å². The molecule has 0 atom stereocenters. The van der Waals surface area contributed by atoms with Crippen LogP contribution in [0.15, 0.2) is 12.0 Å². The van der Waals surface area contributed by atoms with Crippen LogP contribution in [0.2, 0.25) is 0 Å². The summed E-state index contributed by atoms with van der Waals surface area (Å²) in [6.07, 6.45) is 10.3. The number of thioether (sulfide) groups is 1. The maximum Gasteiger partial charge on any atom is 0.222 e. The lowest BCUT2D eigenvalue weighted by atomic mass is 10.1. The summed E-state index contributed by atoms with van der Waals surface area (Å²) in [5.74, 6) is 0. The van der Waals surface area contributed by atoms with Gasteiger partial charge in [-0.1, -0.05) is 63.8 Å². The van der Waals surface area contributed by atoms with Gasteiger partial charge in [0.15, 0.2) is 0 Å². The molecule has 3 heteroatoms. The van der Waals surface area contributed by atoms with Gasteiger partial charge in [-0.25, -0.2) is 0 Å². The van der Waals surface area contributed by atoms with Crippen molar-refractivity contribution in [2.24, 2.45) is 0 Å². The average molecular weight is 317 g/mol. The Bertz CT molecular complexity index is 242.